The van der Waals surface area contributed by atoms with Crippen LogP contribution in [0.1, 0.15) is 87.8 Å². The molecule has 0 aliphatic heterocycles. The molecule has 0 bridgehead atoms. The van der Waals surface area contributed by atoms with Crippen LogP contribution in [0.2, 0.25) is 0 Å². The zero-order valence-electron chi connectivity index (χ0n) is 19.0. The molecular weight excluding hydrogens is 344 g/mol. The number of aromatic hydroxyl groups is 2. The molecule has 0 heterocycles. The van der Waals surface area contributed by atoms with Crippen molar-refractivity contribution in [3.8, 4) is 11.5 Å². The molecule has 0 amide bonds. The molecule has 2 rings (SSSR count). The highest BCUT2D eigenvalue weighted by Crippen LogP contribution is 2.35. The molecule has 154 valence electrons. The van der Waals surface area contributed by atoms with Gasteiger partial charge in [0.1, 0.15) is 11.5 Å². The van der Waals surface area contributed by atoms with Gasteiger partial charge in [-0.25, -0.2) is 0 Å². The van der Waals surface area contributed by atoms with Gasteiger partial charge in [0.25, 0.3) is 0 Å². The molecule has 0 aliphatic carbocycles. The van der Waals surface area contributed by atoms with E-state index < -0.39 is 0 Å². The van der Waals surface area contributed by atoms with Crippen LogP contribution in [0.4, 0.5) is 0 Å². The fourth-order valence-electron chi connectivity index (χ4n) is 3.80. The molecule has 0 aromatic heterocycles. The van der Waals surface area contributed by atoms with Gasteiger partial charge >= 0.3 is 0 Å². The Hall–Kier alpha value is -1.96. The Bertz CT molecular complexity index is 761. The lowest BCUT2D eigenvalue weighted by Crippen LogP contribution is -2.12. The van der Waals surface area contributed by atoms with E-state index >= 15 is 0 Å². The van der Waals surface area contributed by atoms with Crippen LogP contribution in [0, 0.1) is 13.8 Å². The van der Waals surface area contributed by atoms with Crippen molar-refractivity contribution in [2.24, 2.45) is 0 Å². The summed E-state index contributed by atoms with van der Waals surface area (Å²) in [5.74, 6) is 0.871. The number of unbranched alkanes of at least 4 members (excludes halogenated alkanes) is 1. The van der Waals surface area contributed by atoms with Gasteiger partial charge in [0.2, 0.25) is 0 Å². The van der Waals surface area contributed by atoms with Crippen molar-refractivity contribution in [2.45, 2.75) is 91.9 Å². The van der Waals surface area contributed by atoms with Gasteiger partial charge in [-0.2, -0.15) is 0 Å². The Morgan fingerprint density at radius 2 is 0.929 bits per heavy atom. The van der Waals surface area contributed by atoms with Crippen LogP contribution in [0.3, 0.4) is 0 Å². The number of hydrogen-bond acceptors (Lipinski definition) is 2. The van der Waals surface area contributed by atoms with Crippen molar-refractivity contribution in [1.82, 2.24) is 0 Å². The summed E-state index contributed by atoms with van der Waals surface area (Å²) < 4.78 is 0. The molecule has 0 saturated carbocycles. The third-order valence-corrected chi connectivity index (χ3v) is 5.52. The molecule has 2 nitrogen and oxygen atoms in total. The first-order valence-electron chi connectivity index (χ1n) is 10.5. The third-order valence-electron chi connectivity index (χ3n) is 5.52. The summed E-state index contributed by atoms with van der Waals surface area (Å²) in [6.45, 7) is 16.8. The number of aryl methyl sites for hydroxylation is 4. The fourth-order valence-corrected chi connectivity index (χ4v) is 3.80. The molecule has 0 fully saturated rings. The van der Waals surface area contributed by atoms with Gasteiger partial charge in [-0.3, -0.25) is 0 Å². The van der Waals surface area contributed by atoms with Crippen LogP contribution in [-0.2, 0) is 23.7 Å². The fraction of sp³-hybridized carbons (Fsp3) is 0.538. The predicted octanol–water partition coefficient (Wildman–Crippen LogP) is 6.88. The first-order valence-corrected chi connectivity index (χ1v) is 10.5. The molecular formula is C26H38O2. The summed E-state index contributed by atoms with van der Waals surface area (Å²) in [6, 6.07) is 8.58. The van der Waals surface area contributed by atoms with E-state index in [-0.39, 0.29) is 10.8 Å². The second-order valence-electron chi connectivity index (χ2n) is 10.3. The molecule has 2 aromatic carbocycles. The van der Waals surface area contributed by atoms with E-state index in [1.165, 1.54) is 11.1 Å². The maximum absolute atomic E-state index is 10.4. The zero-order valence-corrected chi connectivity index (χ0v) is 19.0. The second kappa shape index (κ2) is 8.19. The minimum atomic E-state index is -0.0578. The smallest absolute Gasteiger partial charge is 0.122 e. The summed E-state index contributed by atoms with van der Waals surface area (Å²) in [4.78, 5) is 0. The Morgan fingerprint density at radius 3 is 1.21 bits per heavy atom. The van der Waals surface area contributed by atoms with Gasteiger partial charge in [0, 0.05) is 0 Å². The monoisotopic (exact) mass is 382 g/mol. The summed E-state index contributed by atoms with van der Waals surface area (Å²) in [6.07, 6.45) is 4.26. The van der Waals surface area contributed by atoms with Crippen molar-refractivity contribution in [2.75, 3.05) is 0 Å². The summed E-state index contributed by atoms with van der Waals surface area (Å²) in [5, 5.41) is 20.8. The van der Waals surface area contributed by atoms with E-state index in [1.54, 1.807) is 0 Å². The molecule has 0 saturated heterocycles. The average molecular weight is 383 g/mol. The van der Waals surface area contributed by atoms with Crippen molar-refractivity contribution in [1.29, 1.82) is 0 Å². The topological polar surface area (TPSA) is 40.5 Å². The molecule has 2 heteroatoms. The first kappa shape index (κ1) is 22.3. The quantitative estimate of drug-likeness (QED) is 0.554. The third kappa shape index (κ3) is 5.31. The van der Waals surface area contributed by atoms with E-state index in [9.17, 15) is 10.2 Å². The molecule has 0 spiro atoms. The van der Waals surface area contributed by atoms with E-state index in [1.807, 2.05) is 13.8 Å². The normalized spacial score (nSPS) is 12.4. The molecule has 0 radical (unpaired) electrons. The average Bonchev–Trinajstić information content (AvgIpc) is 2.55. The number of phenolic OH excluding ortho intramolecular Hbond substituents is 2. The minimum absolute atomic E-state index is 0.0578. The van der Waals surface area contributed by atoms with Gasteiger partial charge in [-0.1, -0.05) is 65.8 Å². The maximum Gasteiger partial charge on any atom is 0.122 e. The molecule has 2 N–H and O–H groups in total. The highest BCUT2D eigenvalue weighted by atomic mass is 16.3. The van der Waals surface area contributed by atoms with Crippen molar-refractivity contribution >= 4 is 0 Å². The van der Waals surface area contributed by atoms with Crippen LogP contribution in [-0.4, -0.2) is 10.2 Å². The van der Waals surface area contributed by atoms with E-state index in [0.29, 0.717) is 11.5 Å². The number of hydrogen-bond donors (Lipinski definition) is 2. The highest BCUT2D eigenvalue weighted by Gasteiger charge is 2.21. The van der Waals surface area contributed by atoms with Crippen molar-refractivity contribution in [3.63, 3.8) is 0 Å². The highest BCUT2D eigenvalue weighted by molar-refractivity contribution is 5.47. The Kier molecular flexibility index (Phi) is 6.53. The standard InChI is InChI=1S/C26H38O2/c1-17-13-19(15-21(23(17)27)25(3,4)5)11-9-10-12-20-14-18(2)24(28)22(16-20)26(6,7)8/h13-16,27-28H,9-12H2,1-8H3. The SMILES string of the molecule is Cc1cc(CCCCc2cc(C)c(O)c(C(C)(C)C)c2)cc(C(C)(C)C)c1O. The lowest BCUT2D eigenvalue weighted by molar-refractivity contribution is 0.441. The van der Waals surface area contributed by atoms with Crippen LogP contribution in [0.25, 0.3) is 0 Å². The molecule has 28 heavy (non-hydrogen) atoms. The van der Waals surface area contributed by atoms with Gasteiger partial charge in [-0.15, -0.1) is 0 Å². The largest absolute Gasteiger partial charge is 0.507 e. The number of phenols is 2. The Morgan fingerprint density at radius 1 is 0.607 bits per heavy atom. The Balaban J connectivity index is 2.06. The van der Waals surface area contributed by atoms with E-state index in [4.69, 9.17) is 0 Å². The van der Waals surface area contributed by atoms with Crippen molar-refractivity contribution < 1.29 is 10.2 Å². The predicted molar refractivity (Wildman–Crippen MR) is 120 cm³/mol. The first-order chi connectivity index (χ1) is 12.8. The van der Waals surface area contributed by atoms with Crippen LogP contribution >= 0.6 is 0 Å². The van der Waals surface area contributed by atoms with Crippen LogP contribution < -0.4 is 0 Å². The zero-order chi connectivity index (χ0) is 21.3. The second-order valence-corrected chi connectivity index (χ2v) is 10.3. The molecule has 0 atom stereocenters. The number of rotatable bonds is 5. The van der Waals surface area contributed by atoms with Gasteiger partial charge in [0.15, 0.2) is 0 Å². The van der Waals surface area contributed by atoms with Crippen LogP contribution in [0.5, 0.6) is 11.5 Å². The summed E-state index contributed by atoms with van der Waals surface area (Å²) in [5.41, 5.74) is 6.49. The summed E-state index contributed by atoms with van der Waals surface area (Å²) >= 11 is 0. The van der Waals surface area contributed by atoms with E-state index in [0.717, 1.165) is 47.9 Å². The number of benzene rings is 2. The van der Waals surface area contributed by atoms with Crippen LogP contribution in [0.15, 0.2) is 24.3 Å². The van der Waals surface area contributed by atoms with Gasteiger partial charge < -0.3 is 10.2 Å². The molecule has 2 aromatic rings. The molecule has 0 aliphatic rings. The molecule has 0 unspecified atom stereocenters. The summed E-state index contributed by atoms with van der Waals surface area (Å²) in [7, 11) is 0. The van der Waals surface area contributed by atoms with Gasteiger partial charge in [-0.05, 0) is 83.7 Å². The lowest BCUT2D eigenvalue weighted by Gasteiger charge is -2.23. The maximum atomic E-state index is 10.4. The Labute approximate surface area is 171 Å². The van der Waals surface area contributed by atoms with Crippen molar-refractivity contribution in [3.05, 3.63) is 57.6 Å². The minimum Gasteiger partial charge on any atom is -0.507 e. The van der Waals surface area contributed by atoms with E-state index in [2.05, 4.69) is 65.8 Å². The van der Waals surface area contributed by atoms with Gasteiger partial charge in [0.05, 0.1) is 0 Å². The lowest BCUT2D eigenvalue weighted by atomic mass is 9.83.